The second-order valence-electron chi connectivity index (χ2n) is 7.29. The summed E-state index contributed by atoms with van der Waals surface area (Å²) in [6, 6.07) is 7.60. The van der Waals surface area contributed by atoms with Crippen molar-refractivity contribution in [1.29, 1.82) is 5.26 Å². The van der Waals surface area contributed by atoms with E-state index in [1.807, 2.05) is 18.5 Å². The van der Waals surface area contributed by atoms with E-state index in [1.165, 1.54) is 12.7 Å². The number of hydrogen-bond donors (Lipinski definition) is 4. The lowest BCUT2D eigenvalue weighted by atomic mass is 10.3. The largest absolute Gasteiger partial charge is 0.392 e. The van der Waals surface area contributed by atoms with Crippen LogP contribution in [0.1, 0.15) is 22.4 Å². The van der Waals surface area contributed by atoms with Crippen molar-refractivity contribution < 1.29 is 9.84 Å². The molecule has 0 fully saturated rings. The molecule has 0 aliphatic carbocycles. The van der Waals surface area contributed by atoms with E-state index in [0.717, 1.165) is 27.7 Å². The van der Waals surface area contributed by atoms with E-state index >= 15 is 0 Å². The number of nitriles is 1. The average molecular weight is 461 g/mol. The van der Waals surface area contributed by atoms with E-state index in [4.69, 9.17) is 26.6 Å². The molecule has 0 radical (unpaired) electrons. The minimum atomic E-state index is -0.0111. The normalized spacial score (nSPS) is 10.7. The Kier molecular flexibility index (Phi) is 6.53. The number of anilines is 2. The molecule has 174 valence electrons. The Hall–Kier alpha value is -4.67. The predicted octanol–water partition coefficient (Wildman–Crippen LogP) is 0.679. The molecule has 5 aromatic rings. The maximum Gasteiger partial charge on any atom is 0.151 e. The van der Waals surface area contributed by atoms with Gasteiger partial charge in [0.1, 0.15) is 35.5 Å². The summed E-state index contributed by atoms with van der Waals surface area (Å²) in [6.07, 6.45) is 8.21. The highest BCUT2D eigenvalue weighted by molar-refractivity contribution is 5.66. The van der Waals surface area contributed by atoms with Crippen molar-refractivity contribution in [2.75, 3.05) is 24.0 Å². The molecule has 13 heteroatoms. The number of ether oxygens (including phenoxy) is 1. The van der Waals surface area contributed by atoms with Gasteiger partial charge in [0.15, 0.2) is 11.6 Å². The number of aromatic nitrogens is 7. The van der Waals surface area contributed by atoms with Crippen LogP contribution in [-0.2, 0) is 24.5 Å². The molecule has 0 saturated carbocycles. The summed E-state index contributed by atoms with van der Waals surface area (Å²) in [7, 11) is 1.62. The van der Waals surface area contributed by atoms with Gasteiger partial charge in [-0.25, -0.2) is 19.0 Å². The van der Waals surface area contributed by atoms with Crippen LogP contribution in [0.15, 0.2) is 49.4 Å². The molecule has 0 saturated heterocycles. The van der Waals surface area contributed by atoms with Gasteiger partial charge < -0.3 is 26.7 Å². The van der Waals surface area contributed by atoms with Gasteiger partial charge in [-0.3, -0.25) is 4.68 Å². The molecule has 5 aromatic heterocycles. The molecule has 0 aromatic carbocycles. The molecular formula is C21H23N11O2. The van der Waals surface area contributed by atoms with Gasteiger partial charge in [0, 0.05) is 25.7 Å². The lowest BCUT2D eigenvalue weighted by molar-refractivity contribution is 0.185. The van der Waals surface area contributed by atoms with Crippen molar-refractivity contribution >= 4 is 22.7 Å². The number of nitrogen functional groups attached to an aromatic ring is 2. The van der Waals surface area contributed by atoms with Crippen LogP contribution in [0.2, 0.25) is 0 Å². The van der Waals surface area contributed by atoms with Crippen LogP contribution < -0.4 is 16.9 Å². The molecule has 0 unspecified atom stereocenters. The molecule has 5 heterocycles. The molecule has 0 aliphatic heterocycles. The smallest absolute Gasteiger partial charge is 0.151 e. The molecule has 6 N–H and O–H groups in total. The van der Waals surface area contributed by atoms with Crippen molar-refractivity contribution in [2.45, 2.75) is 19.8 Å². The average Bonchev–Trinajstić information content (AvgIpc) is 3.55. The number of nitrogens with zero attached hydrogens (tertiary/aromatic N) is 8. The van der Waals surface area contributed by atoms with Gasteiger partial charge in [-0.15, -0.1) is 0 Å². The fraction of sp³-hybridized carbons (Fsp3) is 0.190. The first-order chi connectivity index (χ1) is 16.5. The first-order valence-corrected chi connectivity index (χ1v) is 10.1. The minimum Gasteiger partial charge on any atom is -0.392 e. The monoisotopic (exact) mass is 461 g/mol. The standard InChI is InChI=1S/C14H15N7O.C7H8N4O/c1-22-8-11-2-12(4-15)20(7-11)18-5-10-3-13-14(16)17-9-19-21(13)6-10;8-7-6-1-5(3-12)2-11(6)10-4-9-7/h2-3,6-7,9,18H,5,8H2,1H3,(H2,16,17,19);1-2,4,12H,3H2,(H2,8,9,10). The molecular weight excluding hydrogens is 438 g/mol. The molecule has 0 bridgehead atoms. The van der Waals surface area contributed by atoms with E-state index in [9.17, 15) is 0 Å². The van der Waals surface area contributed by atoms with Gasteiger partial charge in [0.2, 0.25) is 0 Å². The number of methoxy groups -OCH3 is 1. The Labute approximate surface area is 193 Å². The summed E-state index contributed by atoms with van der Waals surface area (Å²) in [4.78, 5) is 7.77. The van der Waals surface area contributed by atoms with Gasteiger partial charge in [0.05, 0.1) is 19.8 Å². The SMILES string of the molecule is COCc1cc(C#N)n(NCc2cc3c(N)ncnn3c2)c1.Nc1ncnn2cc(CO)cc12. The highest BCUT2D eigenvalue weighted by atomic mass is 16.5. The Bertz CT molecular complexity index is 1460. The van der Waals surface area contributed by atoms with Gasteiger partial charge in [-0.05, 0) is 34.9 Å². The first kappa shape index (κ1) is 22.5. The Balaban J connectivity index is 0.000000192. The lowest BCUT2D eigenvalue weighted by Gasteiger charge is -2.07. The van der Waals surface area contributed by atoms with E-state index < -0.39 is 0 Å². The fourth-order valence-electron chi connectivity index (χ4n) is 3.34. The van der Waals surface area contributed by atoms with Crippen molar-refractivity contribution in [1.82, 2.24) is 33.9 Å². The van der Waals surface area contributed by atoms with Crippen LogP contribution in [0.4, 0.5) is 11.6 Å². The zero-order valence-electron chi connectivity index (χ0n) is 18.3. The number of aliphatic hydroxyl groups is 1. The molecule has 0 aliphatic rings. The van der Waals surface area contributed by atoms with Gasteiger partial charge in [-0.2, -0.15) is 15.5 Å². The third-order valence-electron chi connectivity index (χ3n) is 4.92. The first-order valence-electron chi connectivity index (χ1n) is 10.1. The molecule has 0 amide bonds. The summed E-state index contributed by atoms with van der Waals surface area (Å²) in [5.41, 5.74) is 19.3. The van der Waals surface area contributed by atoms with Crippen LogP contribution in [0.5, 0.6) is 0 Å². The molecule has 0 atom stereocenters. The number of hydrogen-bond acceptors (Lipinski definition) is 10. The van der Waals surface area contributed by atoms with Crippen molar-refractivity contribution in [3.8, 4) is 6.07 Å². The summed E-state index contributed by atoms with van der Waals surface area (Å²) < 4.78 is 10.0. The summed E-state index contributed by atoms with van der Waals surface area (Å²) in [5.74, 6) is 0.854. The number of rotatable bonds is 6. The summed E-state index contributed by atoms with van der Waals surface area (Å²) >= 11 is 0. The Morgan fingerprint density at radius 1 is 0.971 bits per heavy atom. The third-order valence-corrected chi connectivity index (χ3v) is 4.92. The van der Waals surface area contributed by atoms with Crippen molar-refractivity contribution in [3.05, 3.63) is 71.8 Å². The second kappa shape index (κ2) is 9.86. The van der Waals surface area contributed by atoms with E-state index in [2.05, 4.69) is 31.7 Å². The zero-order valence-corrected chi connectivity index (χ0v) is 18.3. The molecule has 13 nitrogen and oxygen atoms in total. The quantitative estimate of drug-likeness (QED) is 0.280. The van der Waals surface area contributed by atoms with Gasteiger partial charge in [-0.1, -0.05) is 0 Å². The lowest BCUT2D eigenvalue weighted by Crippen LogP contribution is -2.14. The number of nitrogens with one attached hydrogen (secondary N) is 1. The predicted molar refractivity (Wildman–Crippen MR) is 124 cm³/mol. The van der Waals surface area contributed by atoms with E-state index in [-0.39, 0.29) is 6.61 Å². The van der Waals surface area contributed by atoms with Crippen LogP contribution in [0.3, 0.4) is 0 Å². The van der Waals surface area contributed by atoms with Crippen molar-refractivity contribution in [2.24, 2.45) is 0 Å². The summed E-state index contributed by atoms with van der Waals surface area (Å²) in [5, 5.41) is 26.0. The van der Waals surface area contributed by atoms with Crippen LogP contribution in [-0.4, -0.2) is 46.1 Å². The van der Waals surface area contributed by atoms with E-state index in [1.54, 1.807) is 39.1 Å². The summed E-state index contributed by atoms with van der Waals surface area (Å²) in [6.45, 7) is 0.979. The van der Waals surface area contributed by atoms with Crippen LogP contribution in [0.25, 0.3) is 11.0 Å². The Morgan fingerprint density at radius 2 is 1.59 bits per heavy atom. The number of fused-ring (bicyclic) bond motifs is 2. The number of aliphatic hydroxyl groups excluding tert-OH is 1. The topological polar surface area (TPSA) is 183 Å². The van der Waals surface area contributed by atoms with Crippen molar-refractivity contribution in [3.63, 3.8) is 0 Å². The molecule has 5 rings (SSSR count). The third kappa shape index (κ3) is 4.72. The molecule has 0 spiro atoms. The fourth-order valence-corrected chi connectivity index (χ4v) is 3.34. The van der Waals surface area contributed by atoms with Gasteiger partial charge in [0.25, 0.3) is 0 Å². The highest BCUT2D eigenvalue weighted by Gasteiger charge is 2.07. The number of nitrogens with two attached hydrogens (primary N) is 2. The zero-order chi connectivity index (χ0) is 24.1. The maximum absolute atomic E-state index is 9.16. The van der Waals surface area contributed by atoms with Crippen LogP contribution >= 0.6 is 0 Å². The highest BCUT2D eigenvalue weighted by Crippen LogP contribution is 2.14. The van der Waals surface area contributed by atoms with Crippen LogP contribution in [0, 0.1) is 11.3 Å². The van der Waals surface area contributed by atoms with E-state index in [0.29, 0.717) is 30.5 Å². The molecule has 34 heavy (non-hydrogen) atoms. The second-order valence-corrected chi connectivity index (χ2v) is 7.29. The minimum absolute atomic E-state index is 0.0111. The van der Waals surface area contributed by atoms with Gasteiger partial charge >= 0.3 is 0 Å². The Morgan fingerprint density at radius 3 is 2.15 bits per heavy atom. The maximum atomic E-state index is 9.16.